The van der Waals surface area contributed by atoms with Gasteiger partial charge in [-0.2, -0.15) is 0 Å². The van der Waals surface area contributed by atoms with E-state index in [0.29, 0.717) is 17.2 Å². The minimum atomic E-state index is -1.07. The van der Waals surface area contributed by atoms with Crippen molar-refractivity contribution < 1.29 is 14.6 Å². The van der Waals surface area contributed by atoms with Gasteiger partial charge in [0, 0.05) is 5.02 Å². The SMILES string of the molecule is C=C(C(=O)OCC(C)C)C(O)c1ccc(Cl)cc1. The number of hydrogen-bond acceptors (Lipinski definition) is 3. The minimum absolute atomic E-state index is 0.0259. The van der Waals surface area contributed by atoms with Crippen molar-refractivity contribution in [2.75, 3.05) is 6.61 Å². The van der Waals surface area contributed by atoms with Crippen LogP contribution in [0.3, 0.4) is 0 Å². The standard InChI is InChI=1S/C14H17ClO3/c1-9(2)8-18-14(17)10(3)13(16)11-4-6-12(15)7-5-11/h4-7,9,13,16H,3,8H2,1-2H3. The number of esters is 1. The van der Waals surface area contributed by atoms with Crippen LogP contribution in [0.4, 0.5) is 0 Å². The smallest absolute Gasteiger partial charge is 0.336 e. The number of halogens is 1. The molecule has 0 aliphatic heterocycles. The third-order valence-electron chi connectivity index (χ3n) is 2.33. The van der Waals surface area contributed by atoms with Gasteiger partial charge < -0.3 is 9.84 Å². The average molecular weight is 269 g/mol. The van der Waals surface area contributed by atoms with Crippen LogP contribution in [-0.4, -0.2) is 17.7 Å². The second-order valence-electron chi connectivity index (χ2n) is 4.47. The lowest BCUT2D eigenvalue weighted by Crippen LogP contribution is -2.16. The molecule has 3 nitrogen and oxygen atoms in total. The molecular formula is C14H17ClO3. The lowest BCUT2D eigenvalue weighted by Gasteiger charge is -2.14. The molecule has 0 amide bonds. The Morgan fingerprint density at radius 1 is 1.39 bits per heavy atom. The highest BCUT2D eigenvalue weighted by Gasteiger charge is 2.19. The maximum absolute atomic E-state index is 11.6. The number of aliphatic hydroxyl groups excluding tert-OH is 1. The number of hydrogen-bond donors (Lipinski definition) is 1. The van der Waals surface area contributed by atoms with Crippen molar-refractivity contribution in [1.82, 2.24) is 0 Å². The monoisotopic (exact) mass is 268 g/mol. The lowest BCUT2D eigenvalue weighted by atomic mass is 10.0. The molecule has 1 aromatic carbocycles. The second kappa shape index (κ2) is 6.57. The van der Waals surface area contributed by atoms with E-state index in [1.807, 2.05) is 13.8 Å². The van der Waals surface area contributed by atoms with Gasteiger partial charge in [-0.15, -0.1) is 0 Å². The summed E-state index contributed by atoms with van der Waals surface area (Å²) in [5.74, 6) is -0.333. The Labute approximate surface area is 112 Å². The van der Waals surface area contributed by atoms with Gasteiger partial charge in [-0.1, -0.05) is 44.2 Å². The fourth-order valence-corrected chi connectivity index (χ4v) is 1.42. The maximum atomic E-state index is 11.6. The molecule has 4 heteroatoms. The van der Waals surface area contributed by atoms with Crippen molar-refractivity contribution in [3.63, 3.8) is 0 Å². The summed E-state index contributed by atoms with van der Waals surface area (Å²) in [6.07, 6.45) is -1.07. The third kappa shape index (κ3) is 4.17. The van der Waals surface area contributed by atoms with E-state index >= 15 is 0 Å². The first-order valence-electron chi connectivity index (χ1n) is 5.71. The number of rotatable bonds is 5. The van der Waals surface area contributed by atoms with Crippen LogP contribution in [-0.2, 0) is 9.53 Å². The van der Waals surface area contributed by atoms with Crippen molar-refractivity contribution in [1.29, 1.82) is 0 Å². The summed E-state index contributed by atoms with van der Waals surface area (Å²) in [6.45, 7) is 7.76. The van der Waals surface area contributed by atoms with E-state index in [4.69, 9.17) is 16.3 Å². The summed E-state index contributed by atoms with van der Waals surface area (Å²) >= 11 is 5.75. The third-order valence-corrected chi connectivity index (χ3v) is 2.58. The van der Waals surface area contributed by atoms with Gasteiger partial charge in [0.05, 0.1) is 12.2 Å². The minimum Gasteiger partial charge on any atom is -0.462 e. The van der Waals surface area contributed by atoms with Crippen LogP contribution < -0.4 is 0 Å². The zero-order chi connectivity index (χ0) is 13.7. The van der Waals surface area contributed by atoms with E-state index in [1.165, 1.54) is 0 Å². The molecule has 1 atom stereocenters. The van der Waals surface area contributed by atoms with E-state index in [-0.39, 0.29) is 11.5 Å². The van der Waals surface area contributed by atoms with Gasteiger partial charge in [0.1, 0.15) is 6.10 Å². The second-order valence-corrected chi connectivity index (χ2v) is 4.91. The molecule has 0 aliphatic rings. The van der Waals surface area contributed by atoms with Crippen molar-refractivity contribution in [2.45, 2.75) is 20.0 Å². The van der Waals surface area contributed by atoms with Gasteiger partial charge in [-0.3, -0.25) is 0 Å². The zero-order valence-electron chi connectivity index (χ0n) is 10.5. The molecule has 0 aliphatic carbocycles. The summed E-state index contributed by atoms with van der Waals surface area (Å²) in [5.41, 5.74) is 0.587. The molecule has 1 aromatic rings. The van der Waals surface area contributed by atoms with Gasteiger partial charge in [0.15, 0.2) is 0 Å². The highest BCUT2D eigenvalue weighted by molar-refractivity contribution is 6.30. The number of carbonyl (C=O) groups is 1. The van der Waals surface area contributed by atoms with Crippen molar-refractivity contribution >= 4 is 17.6 Å². The molecule has 0 aromatic heterocycles. The largest absolute Gasteiger partial charge is 0.462 e. The van der Waals surface area contributed by atoms with Crippen LogP contribution in [0.2, 0.25) is 5.02 Å². The highest BCUT2D eigenvalue weighted by atomic mass is 35.5. The van der Waals surface area contributed by atoms with Gasteiger partial charge in [-0.25, -0.2) is 4.79 Å². The number of carbonyl (C=O) groups excluding carboxylic acids is 1. The molecule has 1 rings (SSSR count). The summed E-state index contributed by atoms with van der Waals surface area (Å²) in [5, 5.41) is 10.5. The first-order chi connectivity index (χ1) is 8.41. The first kappa shape index (κ1) is 14.7. The molecule has 0 saturated heterocycles. The molecule has 1 unspecified atom stereocenters. The Hall–Kier alpha value is -1.32. The molecule has 0 heterocycles. The predicted molar refractivity (Wildman–Crippen MR) is 71.3 cm³/mol. The van der Waals surface area contributed by atoms with Gasteiger partial charge >= 0.3 is 5.97 Å². The van der Waals surface area contributed by atoms with E-state index in [9.17, 15) is 9.90 Å². The molecule has 0 bridgehead atoms. The molecule has 98 valence electrons. The van der Waals surface area contributed by atoms with E-state index in [0.717, 1.165) is 0 Å². The molecular weight excluding hydrogens is 252 g/mol. The molecule has 1 N–H and O–H groups in total. The van der Waals surface area contributed by atoms with Gasteiger partial charge in [0.25, 0.3) is 0 Å². The molecule has 18 heavy (non-hydrogen) atoms. The van der Waals surface area contributed by atoms with Crippen molar-refractivity contribution in [3.05, 3.63) is 47.0 Å². The number of benzene rings is 1. The van der Waals surface area contributed by atoms with Crippen molar-refractivity contribution in [3.8, 4) is 0 Å². The normalized spacial score (nSPS) is 12.3. The molecule has 0 radical (unpaired) electrons. The number of ether oxygens (including phenoxy) is 1. The first-order valence-corrected chi connectivity index (χ1v) is 6.09. The quantitative estimate of drug-likeness (QED) is 0.659. The Bertz CT molecular complexity index is 423. The summed E-state index contributed by atoms with van der Waals surface area (Å²) in [4.78, 5) is 11.6. The number of aliphatic hydroxyl groups is 1. The Morgan fingerprint density at radius 3 is 2.44 bits per heavy atom. The van der Waals surface area contributed by atoms with Crippen LogP contribution in [0.1, 0.15) is 25.5 Å². The van der Waals surface area contributed by atoms with Gasteiger partial charge in [-0.05, 0) is 23.6 Å². The van der Waals surface area contributed by atoms with E-state index in [1.54, 1.807) is 24.3 Å². The Kier molecular flexibility index (Phi) is 5.38. The topological polar surface area (TPSA) is 46.5 Å². The van der Waals surface area contributed by atoms with Crippen molar-refractivity contribution in [2.24, 2.45) is 5.92 Å². The molecule has 0 fully saturated rings. The lowest BCUT2D eigenvalue weighted by molar-refractivity contribution is -0.141. The van der Waals surface area contributed by atoms with Crippen LogP contribution in [0.15, 0.2) is 36.4 Å². The van der Waals surface area contributed by atoms with Crippen LogP contribution >= 0.6 is 11.6 Å². The average Bonchev–Trinajstić information content (AvgIpc) is 2.35. The van der Waals surface area contributed by atoms with E-state index < -0.39 is 12.1 Å². The van der Waals surface area contributed by atoms with E-state index in [2.05, 4.69) is 6.58 Å². The Balaban J connectivity index is 2.66. The maximum Gasteiger partial charge on any atom is 0.336 e. The van der Waals surface area contributed by atoms with Gasteiger partial charge in [0.2, 0.25) is 0 Å². The molecule has 0 spiro atoms. The van der Waals surface area contributed by atoms with Crippen LogP contribution in [0, 0.1) is 5.92 Å². The molecule has 0 saturated carbocycles. The summed E-state index contributed by atoms with van der Waals surface area (Å²) < 4.78 is 5.01. The fourth-order valence-electron chi connectivity index (χ4n) is 1.29. The fraction of sp³-hybridized carbons (Fsp3) is 0.357. The highest BCUT2D eigenvalue weighted by Crippen LogP contribution is 2.22. The Morgan fingerprint density at radius 2 is 1.94 bits per heavy atom. The van der Waals surface area contributed by atoms with Crippen LogP contribution in [0.25, 0.3) is 0 Å². The summed E-state index contributed by atoms with van der Waals surface area (Å²) in [6, 6.07) is 6.58. The zero-order valence-corrected chi connectivity index (χ0v) is 11.3. The van der Waals surface area contributed by atoms with Crippen LogP contribution in [0.5, 0.6) is 0 Å². The summed E-state index contributed by atoms with van der Waals surface area (Å²) in [7, 11) is 0. The predicted octanol–water partition coefficient (Wildman–Crippen LogP) is 3.13.